The molecule has 1 atom stereocenters. The first kappa shape index (κ1) is 15.1. The van der Waals surface area contributed by atoms with E-state index in [4.69, 9.17) is 5.73 Å². The summed E-state index contributed by atoms with van der Waals surface area (Å²) in [4.78, 5) is 12.5. The number of amides is 1. The van der Waals surface area contributed by atoms with Crippen molar-refractivity contribution in [3.8, 4) is 0 Å². The molecule has 110 valence electrons. The molecular weight excluding hydrogens is 260 g/mol. The van der Waals surface area contributed by atoms with Crippen molar-refractivity contribution >= 4 is 11.6 Å². The Balaban J connectivity index is 2.25. The average molecular weight is 282 g/mol. The van der Waals surface area contributed by atoms with Crippen LogP contribution in [0.4, 0.5) is 5.69 Å². The second-order valence-electron chi connectivity index (χ2n) is 5.68. The molecule has 2 aromatic carbocycles. The fourth-order valence-corrected chi connectivity index (χ4v) is 2.40. The number of benzene rings is 2. The minimum atomic E-state index is -0.0812. The predicted octanol–water partition coefficient (Wildman–Crippen LogP) is 3.70. The Kier molecular flexibility index (Phi) is 4.63. The van der Waals surface area contributed by atoms with Gasteiger partial charge in [-0.15, -0.1) is 0 Å². The lowest BCUT2D eigenvalue weighted by Crippen LogP contribution is -2.32. The molecule has 1 unspecified atom stereocenters. The summed E-state index contributed by atoms with van der Waals surface area (Å²) in [6.07, 6.45) is 0. The molecule has 2 aromatic rings. The summed E-state index contributed by atoms with van der Waals surface area (Å²) in [5.74, 6) is 0.222. The minimum Gasteiger partial charge on any atom is -0.399 e. The van der Waals surface area contributed by atoms with Crippen molar-refractivity contribution in [3.05, 3.63) is 65.2 Å². The average Bonchev–Trinajstić information content (AvgIpc) is 2.47. The van der Waals surface area contributed by atoms with Crippen LogP contribution >= 0.6 is 0 Å². The van der Waals surface area contributed by atoms with Crippen molar-refractivity contribution < 1.29 is 4.79 Å². The molecule has 3 heteroatoms. The van der Waals surface area contributed by atoms with E-state index in [0.717, 1.165) is 11.1 Å². The Labute approximate surface area is 126 Å². The van der Waals surface area contributed by atoms with E-state index in [-0.39, 0.29) is 11.9 Å². The number of aryl methyl sites for hydroxylation is 1. The summed E-state index contributed by atoms with van der Waals surface area (Å²) in [6, 6.07) is 15.4. The number of hydrogen-bond donors (Lipinski definition) is 2. The molecule has 2 rings (SSSR count). The zero-order valence-electron chi connectivity index (χ0n) is 12.8. The normalized spacial score (nSPS) is 12.2. The monoisotopic (exact) mass is 282 g/mol. The largest absolute Gasteiger partial charge is 0.399 e. The van der Waals surface area contributed by atoms with Gasteiger partial charge in [0.25, 0.3) is 5.91 Å². The van der Waals surface area contributed by atoms with E-state index in [9.17, 15) is 4.79 Å². The lowest BCUT2D eigenvalue weighted by atomic mass is 9.95. The molecule has 0 bridgehead atoms. The third kappa shape index (κ3) is 3.63. The quantitative estimate of drug-likeness (QED) is 0.840. The summed E-state index contributed by atoms with van der Waals surface area (Å²) < 4.78 is 0. The molecule has 0 spiro atoms. The number of rotatable bonds is 4. The van der Waals surface area contributed by atoms with Crippen molar-refractivity contribution in [3.63, 3.8) is 0 Å². The van der Waals surface area contributed by atoms with Crippen molar-refractivity contribution in [2.45, 2.75) is 26.8 Å². The van der Waals surface area contributed by atoms with Crippen LogP contribution in [0.1, 0.15) is 41.4 Å². The van der Waals surface area contributed by atoms with E-state index < -0.39 is 0 Å². The second kappa shape index (κ2) is 6.44. The number of nitrogens with two attached hydrogens (primary N) is 1. The first-order chi connectivity index (χ1) is 9.99. The summed E-state index contributed by atoms with van der Waals surface area (Å²) in [5, 5.41) is 3.12. The number of carbonyl (C=O) groups excluding carboxylic acids is 1. The van der Waals surface area contributed by atoms with Gasteiger partial charge in [-0.25, -0.2) is 0 Å². The van der Waals surface area contributed by atoms with Crippen molar-refractivity contribution in [1.29, 1.82) is 0 Å². The SMILES string of the molecule is Cc1ccc(N)cc1C(=O)NC(c1ccccc1)C(C)C. The maximum absolute atomic E-state index is 12.5. The molecule has 0 aromatic heterocycles. The third-order valence-corrected chi connectivity index (χ3v) is 3.62. The Morgan fingerprint density at radius 3 is 2.38 bits per heavy atom. The van der Waals surface area contributed by atoms with Gasteiger partial charge in [-0.1, -0.05) is 50.2 Å². The topological polar surface area (TPSA) is 55.1 Å². The molecule has 3 N–H and O–H groups in total. The van der Waals surface area contributed by atoms with Gasteiger partial charge in [0.15, 0.2) is 0 Å². The summed E-state index contributed by atoms with van der Waals surface area (Å²) in [6.45, 7) is 6.12. The highest BCUT2D eigenvalue weighted by Gasteiger charge is 2.19. The van der Waals surface area contributed by atoms with Crippen LogP contribution in [0.2, 0.25) is 0 Å². The molecule has 0 radical (unpaired) electrons. The predicted molar refractivity (Wildman–Crippen MR) is 87.1 cm³/mol. The molecule has 0 saturated heterocycles. The van der Waals surface area contributed by atoms with E-state index in [1.54, 1.807) is 6.07 Å². The van der Waals surface area contributed by atoms with E-state index in [2.05, 4.69) is 19.2 Å². The zero-order valence-corrected chi connectivity index (χ0v) is 12.8. The Morgan fingerprint density at radius 1 is 1.10 bits per heavy atom. The first-order valence-corrected chi connectivity index (χ1v) is 7.21. The first-order valence-electron chi connectivity index (χ1n) is 7.21. The number of anilines is 1. The highest BCUT2D eigenvalue weighted by Crippen LogP contribution is 2.22. The van der Waals surface area contributed by atoms with E-state index in [0.29, 0.717) is 17.2 Å². The van der Waals surface area contributed by atoms with Crippen molar-refractivity contribution in [2.24, 2.45) is 5.92 Å². The second-order valence-corrected chi connectivity index (χ2v) is 5.68. The molecule has 0 saturated carbocycles. The molecule has 0 fully saturated rings. The van der Waals surface area contributed by atoms with Crippen LogP contribution in [0.5, 0.6) is 0 Å². The Morgan fingerprint density at radius 2 is 1.76 bits per heavy atom. The minimum absolute atomic E-state index is 0.0143. The molecule has 0 aliphatic carbocycles. The Hall–Kier alpha value is -2.29. The van der Waals surface area contributed by atoms with E-state index >= 15 is 0 Å². The van der Waals surface area contributed by atoms with Gasteiger partial charge in [-0.3, -0.25) is 4.79 Å². The van der Waals surface area contributed by atoms with Crippen LogP contribution in [0, 0.1) is 12.8 Å². The highest BCUT2D eigenvalue weighted by atomic mass is 16.1. The van der Waals surface area contributed by atoms with Crippen molar-refractivity contribution in [1.82, 2.24) is 5.32 Å². The molecule has 1 amide bonds. The van der Waals surface area contributed by atoms with Crippen LogP contribution in [-0.4, -0.2) is 5.91 Å². The van der Waals surface area contributed by atoms with Gasteiger partial charge in [0, 0.05) is 11.3 Å². The molecule has 0 aliphatic rings. The lowest BCUT2D eigenvalue weighted by Gasteiger charge is -2.23. The van der Waals surface area contributed by atoms with Crippen molar-refractivity contribution in [2.75, 3.05) is 5.73 Å². The fourth-order valence-electron chi connectivity index (χ4n) is 2.40. The number of carbonyl (C=O) groups is 1. The lowest BCUT2D eigenvalue weighted by molar-refractivity contribution is 0.0925. The molecule has 3 nitrogen and oxygen atoms in total. The van der Waals surface area contributed by atoms with E-state index in [1.165, 1.54) is 0 Å². The molecule has 21 heavy (non-hydrogen) atoms. The number of nitrogens with one attached hydrogen (secondary N) is 1. The van der Waals surface area contributed by atoms with Crippen LogP contribution in [0.25, 0.3) is 0 Å². The maximum Gasteiger partial charge on any atom is 0.252 e. The Bertz CT molecular complexity index is 620. The van der Waals surface area contributed by atoms with Crippen LogP contribution in [-0.2, 0) is 0 Å². The summed E-state index contributed by atoms with van der Waals surface area (Å²) >= 11 is 0. The van der Waals surface area contributed by atoms with Gasteiger partial charge in [0.2, 0.25) is 0 Å². The fraction of sp³-hybridized carbons (Fsp3) is 0.278. The standard InChI is InChI=1S/C18H22N2O/c1-12(2)17(14-7-5-4-6-8-14)20-18(21)16-11-15(19)10-9-13(16)3/h4-12,17H,19H2,1-3H3,(H,20,21). The summed E-state index contributed by atoms with van der Waals surface area (Å²) in [7, 11) is 0. The van der Waals surface area contributed by atoms with Gasteiger partial charge in [0.1, 0.15) is 0 Å². The summed E-state index contributed by atoms with van der Waals surface area (Å²) in [5.41, 5.74) is 9.07. The maximum atomic E-state index is 12.5. The van der Waals surface area contributed by atoms with Crippen LogP contribution in [0.15, 0.2) is 48.5 Å². The zero-order chi connectivity index (χ0) is 15.4. The van der Waals surface area contributed by atoms with E-state index in [1.807, 2.05) is 49.4 Å². The van der Waals surface area contributed by atoms with Gasteiger partial charge in [-0.2, -0.15) is 0 Å². The smallest absolute Gasteiger partial charge is 0.252 e. The number of hydrogen-bond acceptors (Lipinski definition) is 2. The van der Waals surface area contributed by atoms with Gasteiger partial charge in [-0.05, 0) is 36.1 Å². The van der Waals surface area contributed by atoms with Gasteiger partial charge < -0.3 is 11.1 Å². The molecular formula is C18H22N2O. The van der Waals surface area contributed by atoms with Gasteiger partial charge in [0.05, 0.1) is 6.04 Å². The molecule has 0 aliphatic heterocycles. The molecule has 0 heterocycles. The van der Waals surface area contributed by atoms with Crippen LogP contribution < -0.4 is 11.1 Å². The third-order valence-electron chi connectivity index (χ3n) is 3.62. The van der Waals surface area contributed by atoms with Gasteiger partial charge >= 0.3 is 0 Å². The highest BCUT2D eigenvalue weighted by molar-refractivity contribution is 5.96. The van der Waals surface area contributed by atoms with Crippen LogP contribution in [0.3, 0.4) is 0 Å². The number of nitrogen functional groups attached to an aromatic ring is 1.